The van der Waals surface area contributed by atoms with Crippen LogP contribution >= 0.6 is 11.8 Å². The Hall–Kier alpha value is -2.31. The zero-order chi connectivity index (χ0) is 16.5. The first-order valence-electron chi connectivity index (χ1n) is 7.82. The molecule has 122 valence electrons. The second-order valence-electron chi connectivity index (χ2n) is 5.64. The Morgan fingerprint density at radius 1 is 1.04 bits per heavy atom. The molecule has 2 aliphatic heterocycles. The van der Waals surface area contributed by atoms with Crippen molar-refractivity contribution in [1.82, 2.24) is 4.90 Å². The molecule has 0 saturated carbocycles. The highest BCUT2D eigenvalue weighted by molar-refractivity contribution is 7.99. The molecule has 2 heterocycles. The predicted octanol–water partition coefficient (Wildman–Crippen LogP) is 2.88. The molecule has 1 N–H and O–H groups in total. The van der Waals surface area contributed by atoms with E-state index in [1.54, 1.807) is 17.0 Å². The van der Waals surface area contributed by atoms with Crippen LogP contribution in [0.4, 0.5) is 5.69 Å². The Balaban J connectivity index is 1.74. The van der Waals surface area contributed by atoms with Crippen molar-refractivity contribution in [3.8, 4) is 0 Å². The van der Waals surface area contributed by atoms with Crippen LogP contribution in [-0.2, 0) is 4.74 Å². The van der Waals surface area contributed by atoms with Gasteiger partial charge in [0.2, 0.25) is 0 Å². The highest BCUT2D eigenvalue weighted by Gasteiger charge is 2.26. The summed E-state index contributed by atoms with van der Waals surface area (Å²) in [6, 6.07) is 13.0. The number of nitrogens with zero attached hydrogens (tertiary/aromatic N) is 1. The number of carbonyl (C=O) groups is 2. The molecular formula is C18H16N2O3S. The number of anilines is 1. The van der Waals surface area contributed by atoms with Gasteiger partial charge in [0, 0.05) is 22.9 Å². The minimum absolute atomic E-state index is 0.0676. The lowest BCUT2D eigenvalue weighted by Crippen LogP contribution is -2.41. The van der Waals surface area contributed by atoms with Crippen LogP contribution in [-0.4, -0.2) is 43.0 Å². The highest BCUT2D eigenvalue weighted by atomic mass is 32.2. The van der Waals surface area contributed by atoms with Crippen molar-refractivity contribution < 1.29 is 14.3 Å². The first-order valence-corrected chi connectivity index (χ1v) is 8.64. The van der Waals surface area contributed by atoms with E-state index >= 15 is 0 Å². The summed E-state index contributed by atoms with van der Waals surface area (Å²) in [5.74, 6) is -0.249. The minimum atomic E-state index is -0.181. The fourth-order valence-corrected chi connectivity index (χ4v) is 3.97. The van der Waals surface area contributed by atoms with Crippen molar-refractivity contribution in [2.45, 2.75) is 9.79 Å². The van der Waals surface area contributed by atoms with Gasteiger partial charge in [-0.25, -0.2) is 0 Å². The number of fused-ring (bicyclic) bond motifs is 2. The van der Waals surface area contributed by atoms with Gasteiger partial charge in [0.15, 0.2) is 0 Å². The largest absolute Gasteiger partial charge is 0.378 e. The van der Waals surface area contributed by atoms with Crippen molar-refractivity contribution in [2.24, 2.45) is 0 Å². The van der Waals surface area contributed by atoms with Gasteiger partial charge < -0.3 is 15.0 Å². The fourth-order valence-electron chi connectivity index (χ4n) is 2.90. The molecule has 2 aromatic rings. The third-order valence-electron chi connectivity index (χ3n) is 4.15. The summed E-state index contributed by atoms with van der Waals surface area (Å²) in [6.07, 6.45) is 0. The molecule has 0 radical (unpaired) electrons. The van der Waals surface area contributed by atoms with Crippen LogP contribution in [0.2, 0.25) is 0 Å². The third-order valence-corrected chi connectivity index (χ3v) is 5.28. The summed E-state index contributed by atoms with van der Waals surface area (Å²) in [6.45, 7) is 2.24. The number of hydrogen-bond donors (Lipinski definition) is 1. The Morgan fingerprint density at radius 2 is 1.79 bits per heavy atom. The van der Waals surface area contributed by atoms with E-state index in [1.807, 2.05) is 30.3 Å². The predicted molar refractivity (Wildman–Crippen MR) is 91.7 cm³/mol. The molecule has 0 aromatic heterocycles. The van der Waals surface area contributed by atoms with E-state index in [4.69, 9.17) is 4.74 Å². The van der Waals surface area contributed by atoms with Crippen molar-refractivity contribution in [2.75, 3.05) is 31.6 Å². The summed E-state index contributed by atoms with van der Waals surface area (Å²) < 4.78 is 5.31. The summed E-state index contributed by atoms with van der Waals surface area (Å²) in [4.78, 5) is 29.0. The molecule has 0 bridgehead atoms. The number of nitrogens with one attached hydrogen (secondary N) is 1. The van der Waals surface area contributed by atoms with Crippen molar-refractivity contribution in [3.05, 3.63) is 53.6 Å². The average molecular weight is 340 g/mol. The SMILES string of the molecule is O=C1Nc2c(cccc2C(=O)N2CCOCC2)Sc2ccccc21. The Bertz CT molecular complexity index is 816. The van der Waals surface area contributed by atoms with Gasteiger partial charge in [-0.1, -0.05) is 30.0 Å². The van der Waals surface area contributed by atoms with Gasteiger partial charge >= 0.3 is 0 Å². The van der Waals surface area contributed by atoms with Gasteiger partial charge in [-0.2, -0.15) is 0 Å². The molecule has 0 unspecified atom stereocenters. The van der Waals surface area contributed by atoms with Crippen molar-refractivity contribution in [1.29, 1.82) is 0 Å². The first-order chi connectivity index (χ1) is 11.7. The van der Waals surface area contributed by atoms with Gasteiger partial charge in [0.05, 0.1) is 30.0 Å². The molecule has 2 aromatic carbocycles. The molecule has 0 spiro atoms. The quantitative estimate of drug-likeness (QED) is 0.867. The molecular weight excluding hydrogens is 324 g/mol. The number of benzene rings is 2. The Labute approximate surface area is 144 Å². The molecule has 6 heteroatoms. The third kappa shape index (κ3) is 2.68. The number of hydrogen-bond acceptors (Lipinski definition) is 4. The van der Waals surface area contributed by atoms with Crippen molar-refractivity contribution >= 4 is 29.3 Å². The molecule has 24 heavy (non-hydrogen) atoms. The zero-order valence-corrected chi connectivity index (χ0v) is 13.8. The van der Waals surface area contributed by atoms with Gasteiger partial charge in [0.1, 0.15) is 0 Å². The summed E-state index contributed by atoms with van der Waals surface area (Å²) >= 11 is 1.51. The second-order valence-corrected chi connectivity index (χ2v) is 6.72. The number of carbonyl (C=O) groups excluding carboxylic acids is 2. The van der Waals surface area contributed by atoms with E-state index in [0.717, 1.165) is 9.79 Å². The average Bonchev–Trinajstić information content (AvgIpc) is 2.77. The van der Waals surface area contributed by atoms with E-state index in [0.29, 0.717) is 43.1 Å². The maximum Gasteiger partial charge on any atom is 0.256 e. The van der Waals surface area contributed by atoms with Crippen molar-refractivity contribution in [3.63, 3.8) is 0 Å². The van der Waals surface area contributed by atoms with Crippen LogP contribution in [0, 0.1) is 0 Å². The Morgan fingerprint density at radius 3 is 2.62 bits per heavy atom. The molecule has 1 saturated heterocycles. The maximum absolute atomic E-state index is 12.9. The van der Waals surface area contributed by atoms with Gasteiger partial charge in [-0.05, 0) is 24.3 Å². The van der Waals surface area contributed by atoms with Crippen LogP contribution in [0.15, 0.2) is 52.3 Å². The summed E-state index contributed by atoms with van der Waals surface area (Å²) in [7, 11) is 0. The Kier molecular flexibility index (Phi) is 4.00. The number of para-hydroxylation sites is 1. The normalized spacial score (nSPS) is 16.7. The lowest BCUT2D eigenvalue weighted by molar-refractivity contribution is 0.0303. The monoisotopic (exact) mass is 340 g/mol. The molecule has 0 atom stereocenters. The fraction of sp³-hybridized carbons (Fsp3) is 0.222. The molecule has 4 rings (SSSR count). The number of morpholine rings is 1. The van der Waals surface area contributed by atoms with Crippen LogP contribution in [0.3, 0.4) is 0 Å². The van der Waals surface area contributed by atoms with Crippen LogP contribution < -0.4 is 5.32 Å². The van der Waals surface area contributed by atoms with E-state index in [9.17, 15) is 9.59 Å². The molecule has 1 fully saturated rings. The highest BCUT2D eigenvalue weighted by Crippen LogP contribution is 2.40. The van der Waals surface area contributed by atoms with E-state index < -0.39 is 0 Å². The lowest BCUT2D eigenvalue weighted by Gasteiger charge is -2.27. The van der Waals surface area contributed by atoms with Crippen LogP contribution in [0.5, 0.6) is 0 Å². The van der Waals surface area contributed by atoms with Gasteiger partial charge in [-0.3, -0.25) is 9.59 Å². The van der Waals surface area contributed by atoms with E-state index in [1.165, 1.54) is 11.8 Å². The second kappa shape index (κ2) is 6.30. The van der Waals surface area contributed by atoms with Crippen LogP contribution in [0.1, 0.15) is 20.7 Å². The molecule has 2 aliphatic rings. The van der Waals surface area contributed by atoms with E-state index in [-0.39, 0.29) is 11.8 Å². The van der Waals surface area contributed by atoms with E-state index in [2.05, 4.69) is 5.32 Å². The lowest BCUT2D eigenvalue weighted by atomic mass is 10.1. The molecule has 5 nitrogen and oxygen atoms in total. The standard InChI is InChI=1S/C18H16N2O3S/c21-17-12-4-1-2-6-14(12)24-15-7-3-5-13(16(15)19-17)18(22)20-8-10-23-11-9-20/h1-7H,8-11H2,(H,19,21). The maximum atomic E-state index is 12.9. The zero-order valence-electron chi connectivity index (χ0n) is 13.0. The van der Waals surface area contributed by atoms with Crippen LogP contribution in [0.25, 0.3) is 0 Å². The summed E-state index contributed by atoms with van der Waals surface area (Å²) in [5.41, 5.74) is 1.76. The number of rotatable bonds is 1. The minimum Gasteiger partial charge on any atom is -0.378 e. The summed E-state index contributed by atoms with van der Waals surface area (Å²) in [5, 5.41) is 2.93. The first kappa shape index (κ1) is 15.2. The van der Waals surface area contributed by atoms with Gasteiger partial charge in [0.25, 0.3) is 11.8 Å². The number of amides is 2. The smallest absolute Gasteiger partial charge is 0.256 e. The van der Waals surface area contributed by atoms with Gasteiger partial charge in [-0.15, -0.1) is 0 Å². The molecule has 0 aliphatic carbocycles. The molecule has 2 amide bonds. The topological polar surface area (TPSA) is 58.6 Å². The number of ether oxygens (including phenoxy) is 1.